The van der Waals surface area contributed by atoms with Crippen molar-refractivity contribution in [1.29, 1.82) is 0 Å². The lowest BCUT2D eigenvalue weighted by Crippen LogP contribution is -1.94. The molecule has 0 aliphatic rings. The molecule has 0 amide bonds. The van der Waals surface area contributed by atoms with Crippen molar-refractivity contribution < 1.29 is 4.92 Å². The SMILES string of the molecule is CSc1ccc(Br)c(C)c1[N+](=O)[O-]. The molecule has 1 aromatic rings. The maximum absolute atomic E-state index is 10.7. The van der Waals surface area contributed by atoms with Crippen LogP contribution in [-0.4, -0.2) is 11.2 Å². The van der Waals surface area contributed by atoms with E-state index in [1.807, 2.05) is 12.3 Å². The van der Waals surface area contributed by atoms with Crippen LogP contribution in [0.2, 0.25) is 0 Å². The summed E-state index contributed by atoms with van der Waals surface area (Å²) in [7, 11) is 0. The van der Waals surface area contributed by atoms with Gasteiger partial charge in [0, 0.05) is 10.0 Å². The van der Waals surface area contributed by atoms with E-state index >= 15 is 0 Å². The molecule has 0 fully saturated rings. The van der Waals surface area contributed by atoms with Crippen LogP contribution in [0.1, 0.15) is 5.56 Å². The average molecular weight is 262 g/mol. The third kappa shape index (κ3) is 2.03. The topological polar surface area (TPSA) is 43.1 Å². The van der Waals surface area contributed by atoms with Crippen molar-refractivity contribution in [2.75, 3.05) is 6.26 Å². The summed E-state index contributed by atoms with van der Waals surface area (Å²) in [6, 6.07) is 3.58. The van der Waals surface area contributed by atoms with Crippen LogP contribution in [0.25, 0.3) is 0 Å². The fourth-order valence-corrected chi connectivity index (χ4v) is 1.99. The molecule has 1 rings (SSSR count). The molecule has 0 heterocycles. The second-order valence-electron chi connectivity index (χ2n) is 2.48. The minimum Gasteiger partial charge on any atom is -0.258 e. The smallest absolute Gasteiger partial charge is 0.258 e. The number of nitrogens with zero attached hydrogens (tertiary/aromatic N) is 1. The highest BCUT2D eigenvalue weighted by atomic mass is 79.9. The van der Waals surface area contributed by atoms with E-state index in [1.54, 1.807) is 13.0 Å². The zero-order chi connectivity index (χ0) is 10.0. The van der Waals surface area contributed by atoms with Gasteiger partial charge in [-0.15, -0.1) is 11.8 Å². The highest BCUT2D eigenvalue weighted by molar-refractivity contribution is 9.10. The molecule has 0 aromatic heterocycles. The van der Waals surface area contributed by atoms with Crippen molar-refractivity contribution in [3.8, 4) is 0 Å². The monoisotopic (exact) mass is 261 g/mol. The summed E-state index contributed by atoms with van der Waals surface area (Å²) >= 11 is 4.65. The van der Waals surface area contributed by atoms with Crippen LogP contribution in [0.5, 0.6) is 0 Å². The fraction of sp³-hybridized carbons (Fsp3) is 0.250. The second kappa shape index (κ2) is 4.11. The zero-order valence-corrected chi connectivity index (χ0v) is 9.61. The van der Waals surface area contributed by atoms with Gasteiger partial charge in [-0.2, -0.15) is 0 Å². The molecule has 13 heavy (non-hydrogen) atoms. The zero-order valence-electron chi connectivity index (χ0n) is 7.20. The summed E-state index contributed by atoms with van der Waals surface area (Å²) in [6.45, 7) is 1.74. The summed E-state index contributed by atoms with van der Waals surface area (Å²) in [5, 5.41) is 10.7. The van der Waals surface area contributed by atoms with Crippen LogP contribution in [-0.2, 0) is 0 Å². The predicted octanol–water partition coefficient (Wildman–Crippen LogP) is 3.39. The van der Waals surface area contributed by atoms with Gasteiger partial charge >= 0.3 is 0 Å². The van der Waals surface area contributed by atoms with E-state index in [-0.39, 0.29) is 10.6 Å². The highest BCUT2D eigenvalue weighted by Crippen LogP contribution is 2.34. The Labute approximate surface area is 88.8 Å². The van der Waals surface area contributed by atoms with Gasteiger partial charge in [-0.25, -0.2) is 0 Å². The van der Waals surface area contributed by atoms with E-state index in [2.05, 4.69) is 15.9 Å². The van der Waals surface area contributed by atoms with Crippen LogP contribution in [0, 0.1) is 17.0 Å². The van der Waals surface area contributed by atoms with Crippen molar-refractivity contribution in [2.24, 2.45) is 0 Å². The number of nitro benzene ring substituents is 1. The molecule has 0 unspecified atom stereocenters. The molecule has 5 heteroatoms. The van der Waals surface area contributed by atoms with Gasteiger partial charge < -0.3 is 0 Å². The lowest BCUT2D eigenvalue weighted by atomic mass is 10.2. The van der Waals surface area contributed by atoms with E-state index in [4.69, 9.17) is 0 Å². The second-order valence-corrected chi connectivity index (χ2v) is 4.18. The predicted molar refractivity (Wildman–Crippen MR) is 57.3 cm³/mol. The Morgan fingerprint density at radius 1 is 1.54 bits per heavy atom. The normalized spacial score (nSPS) is 10.1. The van der Waals surface area contributed by atoms with Crippen LogP contribution in [0.15, 0.2) is 21.5 Å². The first-order valence-corrected chi connectivity index (χ1v) is 5.57. The van der Waals surface area contributed by atoms with Gasteiger partial charge in [-0.05, 0) is 25.3 Å². The van der Waals surface area contributed by atoms with Crippen molar-refractivity contribution >= 4 is 33.4 Å². The van der Waals surface area contributed by atoms with E-state index in [1.165, 1.54) is 11.8 Å². The Morgan fingerprint density at radius 3 is 2.62 bits per heavy atom. The first-order chi connectivity index (χ1) is 6.07. The third-order valence-corrected chi connectivity index (χ3v) is 3.36. The van der Waals surface area contributed by atoms with Crippen molar-refractivity contribution in [3.63, 3.8) is 0 Å². The highest BCUT2D eigenvalue weighted by Gasteiger charge is 2.18. The average Bonchev–Trinajstić information content (AvgIpc) is 2.08. The van der Waals surface area contributed by atoms with Crippen LogP contribution >= 0.6 is 27.7 Å². The quantitative estimate of drug-likeness (QED) is 0.466. The summed E-state index contributed by atoms with van der Waals surface area (Å²) in [5.74, 6) is 0. The van der Waals surface area contributed by atoms with Crippen LogP contribution in [0.4, 0.5) is 5.69 Å². The number of hydrogen-bond acceptors (Lipinski definition) is 3. The van der Waals surface area contributed by atoms with Crippen molar-refractivity contribution in [1.82, 2.24) is 0 Å². The number of nitro groups is 1. The largest absolute Gasteiger partial charge is 0.286 e. The van der Waals surface area contributed by atoms with Crippen molar-refractivity contribution in [3.05, 3.63) is 32.3 Å². The number of halogens is 1. The molecule has 70 valence electrons. The summed E-state index contributed by atoms with van der Waals surface area (Å²) in [5.41, 5.74) is 0.874. The summed E-state index contributed by atoms with van der Waals surface area (Å²) in [6.07, 6.45) is 1.83. The Balaban J connectivity index is 3.41. The minimum absolute atomic E-state index is 0.196. The lowest BCUT2D eigenvalue weighted by Gasteiger charge is -2.03. The molecule has 0 aliphatic heterocycles. The number of thioether (sulfide) groups is 1. The number of rotatable bonds is 2. The van der Waals surface area contributed by atoms with E-state index in [0.29, 0.717) is 10.5 Å². The molecular weight excluding hydrogens is 254 g/mol. The first-order valence-electron chi connectivity index (χ1n) is 3.55. The Kier molecular flexibility index (Phi) is 3.33. The van der Waals surface area contributed by atoms with E-state index < -0.39 is 0 Å². The molecule has 0 bridgehead atoms. The van der Waals surface area contributed by atoms with Gasteiger partial charge in [0.25, 0.3) is 5.69 Å². The van der Waals surface area contributed by atoms with Gasteiger partial charge in [-0.1, -0.05) is 15.9 Å². The number of benzene rings is 1. The molecule has 0 saturated carbocycles. The summed E-state index contributed by atoms with van der Waals surface area (Å²) in [4.78, 5) is 11.1. The third-order valence-electron chi connectivity index (χ3n) is 1.73. The fourth-order valence-electron chi connectivity index (χ4n) is 1.04. The molecule has 0 saturated heterocycles. The Morgan fingerprint density at radius 2 is 2.15 bits per heavy atom. The molecule has 0 radical (unpaired) electrons. The molecule has 3 nitrogen and oxygen atoms in total. The molecule has 0 N–H and O–H groups in total. The van der Waals surface area contributed by atoms with Crippen molar-refractivity contribution in [2.45, 2.75) is 11.8 Å². The Hall–Kier alpha value is -0.550. The summed E-state index contributed by atoms with van der Waals surface area (Å²) < 4.78 is 0.775. The van der Waals surface area contributed by atoms with Gasteiger partial charge in [0.05, 0.1) is 9.82 Å². The first kappa shape index (κ1) is 10.5. The van der Waals surface area contributed by atoms with Crippen LogP contribution in [0.3, 0.4) is 0 Å². The van der Waals surface area contributed by atoms with Gasteiger partial charge in [0.1, 0.15) is 0 Å². The van der Waals surface area contributed by atoms with Gasteiger partial charge in [0.2, 0.25) is 0 Å². The maximum atomic E-state index is 10.7. The molecule has 0 spiro atoms. The molecule has 1 aromatic carbocycles. The van der Waals surface area contributed by atoms with E-state index in [9.17, 15) is 10.1 Å². The van der Waals surface area contributed by atoms with Crippen LogP contribution < -0.4 is 0 Å². The lowest BCUT2D eigenvalue weighted by molar-refractivity contribution is -0.388. The molecular formula is C8H8BrNO2S. The Bertz CT molecular complexity index is 354. The van der Waals surface area contributed by atoms with E-state index in [0.717, 1.165) is 4.47 Å². The molecule has 0 aliphatic carbocycles. The molecule has 0 atom stereocenters. The number of hydrogen-bond donors (Lipinski definition) is 0. The standard InChI is InChI=1S/C8H8BrNO2S/c1-5-6(9)3-4-7(13-2)8(5)10(11)12/h3-4H,1-2H3. The van der Waals surface area contributed by atoms with Gasteiger partial charge in [0.15, 0.2) is 0 Å². The van der Waals surface area contributed by atoms with Gasteiger partial charge in [-0.3, -0.25) is 10.1 Å². The minimum atomic E-state index is -0.341. The maximum Gasteiger partial charge on any atom is 0.286 e.